The van der Waals surface area contributed by atoms with Crippen LogP contribution in [0, 0.1) is 5.92 Å². The van der Waals surface area contributed by atoms with Crippen molar-refractivity contribution in [3.05, 3.63) is 0 Å². The van der Waals surface area contributed by atoms with Gasteiger partial charge < -0.3 is 10.4 Å². The number of carboxylic acids is 1. The number of hydrogen-bond acceptors (Lipinski definition) is 2. The minimum atomic E-state index is -0.677. The summed E-state index contributed by atoms with van der Waals surface area (Å²) in [6.45, 7) is 0. The van der Waals surface area contributed by atoms with Gasteiger partial charge in [-0.25, -0.2) is 0 Å². The lowest BCUT2D eigenvalue weighted by Crippen LogP contribution is -2.39. The van der Waals surface area contributed by atoms with E-state index in [1.165, 1.54) is 32.1 Å². The first-order valence-electron chi connectivity index (χ1n) is 5.76. The molecule has 2 aliphatic rings. The number of rotatable bonds is 2. The Morgan fingerprint density at radius 3 is 2.36 bits per heavy atom. The number of carboxylic acid groups (broad SMARTS) is 1. The summed E-state index contributed by atoms with van der Waals surface area (Å²) in [4.78, 5) is 10.8. The molecule has 80 valence electrons. The Balaban J connectivity index is 1.85. The van der Waals surface area contributed by atoms with Crippen molar-refractivity contribution in [2.45, 2.75) is 57.0 Å². The van der Waals surface area contributed by atoms with Crippen LogP contribution in [0.4, 0.5) is 0 Å². The summed E-state index contributed by atoms with van der Waals surface area (Å²) in [5.74, 6) is 0.0661. The van der Waals surface area contributed by atoms with Crippen molar-refractivity contribution in [3.8, 4) is 0 Å². The third kappa shape index (κ3) is 2.08. The fraction of sp³-hybridized carbons (Fsp3) is 0.909. The first-order chi connectivity index (χ1) is 6.77. The van der Waals surface area contributed by atoms with E-state index in [-0.39, 0.29) is 6.04 Å². The van der Waals surface area contributed by atoms with Crippen molar-refractivity contribution in [1.29, 1.82) is 0 Å². The van der Waals surface area contributed by atoms with Crippen molar-refractivity contribution >= 4 is 5.97 Å². The van der Waals surface area contributed by atoms with Crippen molar-refractivity contribution < 1.29 is 9.90 Å². The van der Waals surface area contributed by atoms with Crippen LogP contribution in [0.25, 0.3) is 0 Å². The van der Waals surface area contributed by atoms with Crippen LogP contribution in [0.3, 0.4) is 0 Å². The van der Waals surface area contributed by atoms with Crippen LogP contribution in [0.2, 0.25) is 0 Å². The molecule has 1 aliphatic heterocycles. The third-order valence-corrected chi connectivity index (χ3v) is 3.70. The maximum Gasteiger partial charge on any atom is 0.320 e. The van der Waals surface area contributed by atoms with Crippen molar-refractivity contribution in [3.63, 3.8) is 0 Å². The molecule has 2 atom stereocenters. The van der Waals surface area contributed by atoms with Gasteiger partial charge in [-0.05, 0) is 31.6 Å². The van der Waals surface area contributed by atoms with E-state index in [9.17, 15) is 4.79 Å². The Morgan fingerprint density at radius 1 is 1.07 bits per heavy atom. The van der Waals surface area contributed by atoms with Gasteiger partial charge in [0.05, 0.1) is 0 Å². The molecule has 1 saturated heterocycles. The minimum absolute atomic E-state index is 0.276. The van der Waals surface area contributed by atoms with Gasteiger partial charge in [0.25, 0.3) is 0 Å². The summed E-state index contributed by atoms with van der Waals surface area (Å²) in [6.07, 6.45) is 8.50. The van der Waals surface area contributed by atoms with E-state index in [1.807, 2.05) is 0 Å². The van der Waals surface area contributed by atoms with Crippen LogP contribution in [0.1, 0.15) is 44.9 Å². The second-order valence-electron chi connectivity index (χ2n) is 4.64. The Bertz CT molecular complexity index is 211. The summed E-state index contributed by atoms with van der Waals surface area (Å²) in [5.41, 5.74) is 0. The molecule has 2 N–H and O–H groups in total. The predicted molar refractivity (Wildman–Crippen MR) is 54.2 cm³/mol. The van der Waals surface area contributed by atoms with Gasteiger partial charge >= 0.3 is 5.97 Å². The summed E-state index contributed by atoms with van der Waals surface area (Å²) in [7, 11) is 0. The number of carbonyl (C=O) groups is 1. The van der Waals surface area contributed by atoms with Gasteiger partial charge in [-0.1, -0.05) is 19.3 Å². The van der Waals surface area contributed by atoms with Crippen LogP contribution in [0.5, 0.6) is 0 Å². The van der Waals surface area contributed by atoms with Crippen LogP contribution < -0.4 is 5.32 Å². The number of aliphatic carboxylic acids is 1. The lowest BCUT2D eigenvalue weighted by atomic mass is 9.83. The molecule has 0 spiro atoms. The number of nitrogens with one attached hydrogen (secondary N) is 1. The van der Waals surface area contributed by atoms with Crippen molar-refractivity contribution in [2.24, 2.45) is 5.92 Å². The molecule has 2 rings (SSSR count). The van der Waals surface area contributed by atoms with E-state index in [4.69, 9.17) is 5.11 Å². The molecule has 3 nitrogen and oxygen atoms in total. The molecule has 0 unspecified atom stereocenters. The highest BCUT2D eigenvalue weighted by atomic mass is 16.4. The molecule has 0 aromatic heterocycles. The zero-order chi connectivity index (χ0) is 9.97. The highest BCUT2D eigenvalue weighted by molar-refractivity contribution is 5.73. The first kappa shape index (κ1) is 9.97. The van der Waals surface area contributed by atoms with Crippen LogP contribution in [-0.2, 0) is 4.79 Å². The SMILES string of the molecule is O=C(O)[C@H]1CC[C@@H](C2CCCCC2)N1. The predicted octanol–water partition coefficient (Wildman–Crippen LogP) is 1.77. The van der Waals surface area contributed by atoms with Crippen molar-refractivity contribution in [2.75, 3.05) is 0 Å². The summed E-state index contributed by atoms with van der Waals surface area (Å²) in [6, 6.07) is 0.207. The molecular formula is C11H19NO2. The molecule has 14 heavy (non-hydrogen) atoms. The van der Waals surface area contributed by atoms with Gasteiger partial charge in [0.2, 0.25) is 0 Å². The molecule has 0 radical (unpaired) electrons. The zero-order valence-electron chi connectivity index (χ0n) is 8.54. The average Bonchev–Trinajstić information content (AvgIpc) is 2.68. The first-order valence-corrected chi connectivity index (χ1v) is 5.76. The topological polar surface area (TPSA) is 49.3 Å². The zero-order valence-corrected chi connectivity index (χ0v) is 8.54. The summed E-state index contributed by atoms with van der Waals surface area (Å²) < 4.78 is 0. The fourth-order valence-electron chi connectivity index (χ4n) is 2.87. The van der Waals surface area contributed by atoms with Gasteiger partial charge in [0, 0.05) is 6.04 Å². The molecular weight excluding hydrogens is 178 g/mol. The molecule has 1 heterocycles. The van der Waals surface area contributed by atoms with Crippen LogP contribution in [0.15, 0.2) is 0 Å². The highest BCUT2D eigenvalue weighted by Crippen LogP contribution is 2.31. The van der Waals surface area contributed by atoms with Gasteiger partial charge in [0.1, 0.15) is 6.04 Å². The molecule has 0 amide bonds. The quantitative estimate of drug-likeness (QED) is 0.709. The molecule has 3 heteroatoms. The standard InChI is InChI=1S/C11H19NO2/c13-11(14)10-7-6-9(12-10)8-4-2-1-3-5-8/h8-10,12H,1-7H2,(H,13,14)/t9-,10+/m0/s1. The fourth-order valence-corrected chi connectivity index (χ4v) is 2.87. The molecule has 1 saturated carbocycles. The molecule has 0 aromatic carbocycles. The molecule has 1 aliphatic carbocycles. The van der Waals surface area contributed by atoms with E-state index in [1.54, 1.807) is 0 Å². The Kier molecular flexibility index (Phi) is 3.06. The summed E-state index contributed by atoms with van der Waals surface area (Å²) >= 11 is 0. The maximum atomic E-state index is 10.8. The van der Waals surface area contributed by atoms with Crippen LogP contribution >= 0.6 is 0 Å². The van der Waals surface area contributed by atoms with E-state index in [0.29, 0.717) is 6.04 Å². The molecule has 0 bridgehead atoms. The van der Waals surface area contributed by atoms with E-state index < -0.39 is 5.97 Å². The monoisotopic (exact) mass is 197 g/mol. The minimum Gasteiger partial charge on any atom is -0.480 e. The lowest BCUT2D eigenvalue weighted by molar-refractivity contribution is -0.139. The van der Waals surface area contributed by atoms with Crippen molar-refractivity contribution in [1.82, 2.24) is 5.32 Å². The van der Waals surface area contributed by atoms with E-state index in [0.717, 1.165) is 18.8 Å². The average molecular weight is 197 g/mol. The molecule has 2 fully saturated rings. The largest absolute Gasteiger partial charge is 0.480 e. The summed E-state index contributed by atoms with van der Waals surface area (Å²) in [5, 5.41) is 12.1. The van der Waals surface area contributed by atoms with Gasteiger partial charge in [0.15, 0.2) is 0 Å². The van der Waals surface area contributed by atoms with Gasteiger partial charge in [-0.15, -0.1) is 0 Å². The van der Waals surface area contributed by atoms with Gasteiger partial charge in [-0.3, -0.25) is 4.79 Å². The Hall–Kier alpha value is -0.570. The Labute approximate surface area is 84.9 Å². The lowest BCUT2D eigenvalue weighted by Gasteiger charge is -2.27. The Morgan fingerprint density at radius 2 is 1.79 bits per heavy atom. The maximum absolute atomic E-state index is 10.8. The van der Waals surface area contributed by atoms with E-state index >= 15 is 0 Å². The smallest absolute Gasteiger partial charge is 0.320 e. The second-order valence-corrected chi connectivity index (χ2v) is 4.64. The van der Waals surface area contributed by atoms with E-state index in [2.05, 4.69) is 5.32 Å². The highest BCUT2D eigenvalue weighted by Gasteiger charge is 2.33. The number of hydrogen-bond donors (Lipinski definition) is 2. The third-order valence-electron chi connectivity index (χ3n) is 3.70. The second kappa shape index (κ2) is 4.30. The molecule has 0 aromatic rings. The van der Waals surface area contributed by atoms with Gasteiger partial charge in [-0.2, -0.15) is 0 Å². The normalized spacial score (nSPS) is 34.6. The van der Waals surface area contributed by atoms with Crippen LogP contribution in [-0.4, -0.2) is 23.2 Å².